The first-order valence-corrected chi connectivity index (χ1v) is 7.83. The maximum absolute atomic E-state index is 12.0. The Bertz CT molecular complexity index is 560. The first-order chi connectivity index (χ1) is 8.36. The monoisotopic (exact) mass is 289 g/mol. The van der Waals surface area contributed by atoms with Crippen LogP contribution in [0.15, 0.2) is 24.3 Å². The van der Waals surface area contributed by atoms with E-state index < -0.39 is 20.6 Å². The van der Waals surface area contributed by atoms with Crippen LogP contribution in [0.5, 0.6) is 0 Å². The molecule has 1 aromatic rings. The average Bonchev–Trinajstić information content (AvgIpc) is 2.98. The second kappa shape index (κ2) is 4.49. The number of hydrogen-bond acceptors (Lipinski definition) is 4. The van der Waals surface area contributed by atoms with Crippen molar-refractivity contribution in [2.24, 2.45) is 5.73 Å². The molecule has 0 aromatic heterocycles. The molecule has 0 bridgehead atoms. The summed E-state index contributed by atoms with van der Waals surface area (Å²) >= 11 is 5.90. The fourth-order valence-electron chi connectivity index (χ4n) is 2.52. The maximum Gasteiger partial charge on any atom is 0.155 e. The summed E-state index contributed by atoms with van der Waals surface area (Å²) in [6.45, 7) is 1.23. The lowest BCUT2D eigenvalue weighted by Gasteiger charge is -2.07. The fraction of sp³-hybridized carbons (Fsp3) is 0.500. The van der Waals surface area contributed by atoms with E-state index in [1.165, 1.54) is 0 Å². The van der Waals surface area contributed by atoms with Crippen LogP contribution in [0.25, 0.3) is 0 Å². The lowest BCUT2D eigenvalue weighted by atomic mass is 10.1. The van der Waals surface area contributed by atoms with Crippen molar-refractivity contribution < 1.29 is 13.5 Å². The second-order valence-electron chi connectivity index (χ2n) is 4.68. The van der Waals surface area contributed by atoms with Gasteiger partial charge in [0.1, 0.15) is 0 Å². The van der Waals surface area contributed by atoms with Gasteiger partial charge in [0, 0.05) is 16.7 Å². The number of sulfone groups is 1. The summed E-state index contributed by atoms with van der Waals surface area (Å²) < 4.78 is 24.0. The van der Waals surface area contributed by atoms with Crippen LogP contribution in [0.2, 0.25) is 5.02 Å². The molecule has 0 saturated heterocycles. The minimum absolute atomic E-state index is 0.0215. The van der Waals surface area contributed by atoms with Crippen LogP contribution in [0.4, 0.5) is 0 Å². The molecule has 0 radical (unpaired) electrons. The third-order valence-electron chi connectivity index (χ3n) is 3.57. The first-order valence-electron chi connectivity index (χ1n) is 5.73. The predicted octanol–water partition coefficient (Wildman–Crippen LogP) is 0.930. The molecule has 3 N–H and O–H groups in total. The maximum atomic E-state index is 12.0. The molecule has 4 nitrogen and oxygen atoms in total. The van der Waals surface area contributed by atoms with E-state index in [9.17, 15) is 13.5 Å². The van der Waals surface area contributed by atoms with Gasteiger partial charge in [-0.25, -0.2) is 8.42 Å². The molecule has 6 heteroatoms. The van der Waals surface area contributed by atoms with Crippen molar-refractivity contribution in [2.45, 2.75) is 23.6 Å². The highest BCUT2D eigenvalue weighted by atomic mass is 35.5. The van der Waals surface area contributed by atoms with Crippen LogP contribution < -0.4 is 5.73 Å². The van der Waals surface area contributed by atoms with Gasteiger partial charge in [0.15, 0.2) is 9.84 Å². The molecule has 18 heavy (non-hydrogen) atoms. The van der Waals surface area contributed by atoms with Crippen molar-refractivity contribution in [2.75, 3.05) is 12.4 Å². The van der Waals surface area contributed by atoms with Crippen LogP contribution in [0, 0.1) is 0 Å². The SMILES string of the molecule is CCS(=O)(=O)[C@@H]1[C@H](c2cccc(Cl)c2)[C@@]1(N)CO. The number of benzene rings is 1. The lowest BCUT2D eigenvalue weighted by Crippen LogP contribution is -2.35. The zero-order valence-electron chi connectivity index (χ0n) is 10.0. The summed E-state index contributed by atoms with van der Waals surface area (Å²) in [5.74, 6) is -0.362. The molecule has 100 valence electrons. The summed E-state index contributed by atoms with van der Waals surface area (Å²) in [5, 5.41) is 9.18. The number of rotatable bonds is 4. The highest BCUT2D eigenvalue weighted by Crippen LogP contribution is 2.54. The third kappa shape index (κ3) is 2.05. The van der Waals surface area contributed by atoms with Gasteiger partial charge in [-0.2, -0.15) is 0 Å². The van der Waals surface area contributed by atoms with Gasteiger partial charge < -0.3 is 10.8 Å². The summed E-state index contributed by atoms with van der Waals surface area (Å²) in [6, 6.07) is 6.96. The van der Waals surface area contributed by atoms with E-state index in [4.69, 9.17) is 17.3 Å². The Labute approximate surface area is 112 Å². The Morgan fingerprint density at radius 1 is 1.50 bits per heavy atom. The van der Waals surface area contributed by atoms with Crippen molar-refractivity contribution in [3.8, 4) is 0 Å². The average molecular weight is 290 g/mol. The van der Waals surface area contributed by atoms with Crippen LogP contribution in [0.3, 0.4) is 0 Å². The Balaban J connectivity index is 2.40. The van der Waals surface area contributed by atoms with Crippen molar-refractivity contribution >= 4 is 21.4 Å². The fourth-order valence-corrected chi connectivity index (χ4v) is 4.71. The van der Waals surface area contributed by atoms with Crippen LogP contribution in [-0.4, -0.2) is 36.7 Å². The van der Waals surface area contributed by atoms with Gasteiger partial charge in [-0.1, -0.05) is 30.7 Å². The third-order valence-corrected chi connectivity index (χ3v) is 6.10. The van der Waals surface area contributed by atoms with Crippen LogP contribution in [-0.2, 0) is 9.84 Å². The Morgan fingerprint density at radius 2 is 2.17 bits per heavy atom. The van der Waals surface area contributed by atoms with Crippen molar-refractivity contribution in [1.82, 2.24) is 0 Å². The van der Waals surface area contributed by atoms with Crippen LogP contribution in [0.1, 0.15) is 18.4 Å². The molecule has 1 aliphatic rings. The van der Waals surface area contributed by atoms with E-state index in [0.29, 0.717) is 5.02 Å². The summed E-state index contributed by atoms with van der Waals surface area (Å²) in [4.78, 5) is 0. The van der Waals surface area contributed by atoms with Crippen LogP contribution >= 0.6 is 11.6 Å². The topological polar surface area (TPSA) is 80.4 Å². The number of aliphatic hydroxyl groups excluding tert-OH is 1. The number of aliphatic hydroxyl groups is 1. The van der Waals surface area contributed by atoms with Gasteiger partial charge in [-0.15, -0.1) is 0 Å². The van der Waals surface area contributed by atoms with Crippen molar-refractivity contribution in [1.29, 1.82) is 0 Å². The molecule has 1 aromatic carbocycles. The van der Waals surface area contributed by atoms with E-state index in [0.717, 1.165) is 5.56 Å². The van der Waals surface area contributed by atoms with E-state index in [1.54, 1.807) is 31.2 Å². The first kappa shape index (κ1) is 13.8. The molecule has 1 saturated carbocycles. The zero-order valence-corrected chi connectivity index (χ0v) is 11.6. The van der Waals surface area contributed by atoms with Gasteiger partial charge >= 0.3 is 0 Å². The normalized spacial score (nSPS) is 31.3. The largest absolute Gasteiger partial charge is 0.394 e. The molecule has 3 atom stereocenters. The molecule has 2 rings (SSSR count). The van der Waals surface area contributed by atoms with E-state index in [2.05, 4.69) is 0 Å². The van der Waals surface area contributed by atoms with Crippen molar-refractivity contribution in [3.05, 3.63) is 34.9 Å². The lowest BCUT2D eigenvalue weighted by molar-refractivity contribution is 0.253. The van der Waals surface area contributed by atoms with Gasteiger partial charge in [-0.05, 0) is 17.7 Å². The quantitative estimate of drug-likeness (QED) is 0.864. The molecule has 1 aliphatic carbocycles. The molecule has 0 amide bonds. The standard InChI is InChI=1S/C12H16ClNO3S/c1-2-18(16,17)11-10(12(11,14)7-15)8-4-3-5-9(13)6-8/h3-6,10-11,15H,2,7,14H2,1H3/t10-,11+,12-/m0/s1. The molecule has 0 aliphatic heterocycles. The van der Waals surface area contributed by atoms with E-state index in [1.807, 2.05) is 0 Å². The number of halogens is 1. The number of nitrogens with two attached hydrogens (primary N) is 1. The molecular formula is C12H16ClNO3S. The zero-order chi connectivity index (χ0) is 13.6. The summed E-state index contributed by atoms with van der Waals surface area (Å²) in [6.07, 6.45) is 0. The smallest absolute Gasteiger partial charge is 0.155 e. The Hall–Kier alpha value is -0.620. The van der Waals surface area contributed by atoms with Gasteiger partial charge in [-0.3, -0.25) is 0 Å². The Morgan fingerprint density at radius 3 is 2.67 bits per heavy atom. The van der Waals surface area contributed by atoms with Crippen molar-refractivity contribution in [3.63, 3.8) is 0 Å². The molecular weight excluding hydrogens is 274 g/mol. The predicted molar refractivity (Wildman–Crippen MR) is 71.4 cm³/mol. The molecule has 1 fully saturated rings. The molecule has 0 spiro atoms. The van der Waals surface area contributed by atoms with Gasteiger partial charge in [0.25, 0.3) is 0 Å². The minimum atomic E-state index is -3.28. The summed E-state index contributed by atoms with van der Waals surface area (Å²) in [5.41, 5.74) is 5.69. The molecule has 0 unspecified atom stereocenters. The second-order valence-corrected chi connectivity index (χ2v) is 7.52. The van der Waals surface area contributed by atoms with Gasteiger partial charge in [0.05, 0.1) is 17.4 Å². The number of hydrogen-bond donors (Lipinski definition) is 2. The highest BCUT2D eigenvalue weighted by Gasteiger charge is 2.68. The van der Waals surface area contributed by atoms with Gasteiger partial charge in [0.2, 0.25) is 0 Å². The van der Waals surface area contributed by atoms with E-state index in [-0.39, 0.29) is 18.3 Å². The van der Waals surface area contributed by atoms with E-state index >= 15 is 0 Å². The minimum Gasteiger partial charge on any atom is -0.394 e. The summed E-state index contributed by atoms with van der Waals surface area (Å²) in [7, 11) is -3.28. The Kier molecular flexibility index (Phi) is 3.44. The molecule has 0 heterocycles. The highest BCUT2D eigenvalue weighted by molar-refractivity contribution is 7.92.